The Morgan fingerprint density at radius 1 is 0.200 bits per heavy atom. The quantitative estimate of drug-likeness (QED) is 0.278. The van der Waals surface area contributed by atoms with Crippen LogP contribution in [0.4, 0.5) is 0 Å². The molecule has 0 aromatic carbocycles. The molecule has 0 rings (SSSR count). The van der Waals surface area contributed by atoms with E-state index in [4.69, 9.17) is 12.3 Å². The Hall–Kier alpha value is 1.18. The zero-order valence-electron chi connectivity index (χ0n) is 22.2. The van der Waals surface area contributed by atoms with Crippen molar-refractivity contribution >= 4 is 49.9 Å². The Bertz CT molecular complexity index is 294. The largest absolute Gasteiger partial charge is 0.456 e. The first kappa shape index (κ1) is 70.6. The molecule has 0 amide bonds. The molecule has 232 valence electrons. The maximum absolute atomic E-state index is 5.90. The molecule has 0 aliphatic rings. The lowest BCUT2D eigenvalue weighted by atomic mass is 11.8. The first-order valence-corrected chi connectivity index (χ1v) is 30.7. The topological polar surface area (TPSA) is 27.7 Å². The molecule has 0 fully saturated rings. The van der Waals surface area contributed by atoms with Gasteiger partial charge < -0.3 is 12.3 Å². The maximum atomic E-state index is 5.90. The molecule has 3 nitrogen and oxygen atoms in total. The van der Waals surface area contributed by atoms with Gasteiger partial charge in [-0.3, -0.25) is 0 Å². The predicted octanol–water partition coefficient (Wildman–Crippen LogP) is 13.1. The minimum absolute atomic E-state index is 0. The summed E-state index contributed by atoms with van der Waals surface area (Å²) in [5.41, 5.74) is 0. The Morgan fingerprint density at radius 2 is 0.257 bits per heavy atom. The molecule has 0 bridgehead atoms. The molecule has 0 aromatic heterocycles. The Kier molecular flexibility index (Phi) is 51.4. The van der Waals surface area contributed by atoms with E-state index in [0.717, 1.165) is 0 Å². The average molecular weight is 615 g/mol. The third-order valence-corrected chi connectivity index (χ3v) is 16.5. The molecule has 0 saturated carbocycles. The highest BCUT2D eigenvalue weighted by Gasteiger charge is 2.25. The van der Waals surface area contributed by atoms with E-state index < -0.39 is 49.9 Å². The highest BCUT2D eigenvalue weighted by molar-refractivity contribution is 6.84. The molecule has 0 aliphatic carbocycles. The molecule has 0 heterocycles. The van der Waals surface area contributed by atoms with Crippen LogP contribution in [0.25, 0.3) is 0 Å². The second kappa shape index (κ2) is 25.5. The van der Waals surface area contributed by atoms with Crippen molar-refractivity contribution < 1.29 is 12.3 Å². The smallest absolute Gasteiger partial charge is 0.170 e. The van der Waals surface area contributed by atoms with Crippen LogP contribution in [0.1, 0.15) is 59.4 Å². The van der Waals surface area contributed by atoms with Crippen LogP contribution >= 0.6 is 0 Å². The van der Waals surface area contributed by atoms with Crippen molar-refractivity contribution in [3.63, 3.8) is 0 Å². The summed E-state index contributed by atoms with van der Waals surface area (Å²) < 4.78 is 17.7. The van der Waals surface area contributed by atoms with Gasteiger partial charge in [0.25, 0.3) is 0 Å². The van der Waals surface area contributed by atoms with Crippen molar-refractivity contribution in [1.82, 2.24) is 0 Å². The lowest BCUT2D eigenvalue weighted by Crippen LogP contribution is -2.39. The molecule has 0 aliphatic heterocycles. The summed E-state index contributed by atoms with van der Waals surface area (Å²) in [5, 5.41) is 0. The monoisotopic (exact) mass is 615 g/mol. The van der Waals surface area contributed by atoms with Gasteiger partial charge in [-0.05, 0) is 118 Å². The number of rotatable bonds is 6. The summed E-state index contributed by atoms with van der Waals surface area (Å²) in [5.74, 6) is 0. The Morgan fingerprint density at radius 3 is 0.257 bits per heavy atom. The van der Waals surface area contributed by atoms with Crippen LogP contribution in [0.2, 0.25) is 118 Å². The van der Waals surface area contributed by atoms with Crippen LogP contribution < -0.4 is 0 Å². The fourth-order valence-corrected chi connectivity index (χ4v) is 24.8. The molecule has 0 atom stereocenters. The second-order valence-corrected chi connectivity index (χ2v) is 40.8. The third kappa shape index (κ3) is 105. The van der Waals surface area contributed by atoms with Crippen molar-refractivity contribution in [3.8, 4) is 0 Å². The van der Waals surface area contributed by atoms with Crippen molar-refractivity contribution in [2.24, 2.45) is 0 Å². The Labute approximate surface area is 238 Å². The SMILES string of the molecule is C.C.C.C.C.C.C.C.C[Si](C)(C)O[Si](C)(C)C.C[Si](C)(C)O[Si](C)(C)C.C[Si](C)(C)O[Si](C)(C)C. The molecule has 0 aromatic rings. The number of hydrogen-bond donors (Lipinski definition) is 0. The van der Waals surface area contributed by atoms with E-state index >= 15 is 0 Å². The van der Waals surface area contributed by atoms with Crippen molar-refractivity contribution in [3.05, 3.63) is 0 Å². The summed E-state index contributed by atoms with van der Waals surface area (Å²) in [6, 6.07) is 0. The predicted molar refractivity (Wildman–Crippen MR) is 197 cm³/mol. The molecule has 0 saturated heterocycles. The van der Waals surface area contributed by atoms with Crippen LogP contribution in [0.3, 0.4) is 0 Å². The summed E-state index contributed by atoms with van der Waals surface area (Å²) in [4.78, 5) is 0. The van der Waals surface area contributed by atoms with Crippen LogP contribution in [0.15, 0.2) is 0 Å². The van der Waals surface area contributed by atoms with Crippen LogP contribution in [-0.4, -0.2) is 49.9 Å². The van der Waals surface area contributed by atoms with E-state index in [1.165, 1.54) is 0 Å². The van der Waals surface area contributed by atoms with Crippen molar-refractivity contribution in [2.45, 2.75) is 177 Å². The van der Waals surface area contributed by atoms with Gasteiger partial charge in [-0.2, -0.15) is 0 Å². The molecule has 0 N–H and O–H groups in total. The molecule has 0 unspecified atom stereocenters. The van der Waals surface area contributed by atoms with Gasteiger partial charge in [-0.15, -0.1) is 0 Å². The van der Waals surface area contributed by atoms with Gasteiger partial charge in [0.05, 0.1) is 0 Å². The van der Waals surface area contributed by atoms with E-state index in [1.807, 2.05) is 0 Å². The normalized spacial score (nSPS) is 10.8. The minimum atomic E-state index is -1.23. The van der Waals surface area contributed by atoms with Gasteiger partial charge in [-0.25, -0.2) is 0 Å². The average Bonchev–Trinajstić information content (AvgIpc) is 1.96. The lowest BCUT2D eigenvalue weighted by Gasteiger charge is -2.27. The van der Waals surface area contributed by atoms with E-state index in [1.54, 1.807) is 0 Å². The van der Waals surface area contributed by atoms with E-state index in [0.29, 0.717) is 0 Å². The van der Waals surface area contributed by atoms with Gasteiger partial charge in [-0.1, -0.05) is 59.4 Å². The van der Waals surface area contributed by atoms with E-state index in [-0.39, 0.29) is 59.4 Å². The fourth-order valence-electron chi connectivity index (χ4n) is 2.76. The zero-order valence-corrected chi connectivity index (χ0v) is 28.2. The molecular formula is C26H86O3Si6. The van der Waals surface area contributed by atoms with Gasteiger partial charge in [0.15, 0.2) is 49.9 Å². The third-order valence-electron chi connectivity index (χ3n) is 1.84. The molecular weight excluding hydrogens is 529 g/mol. The molecule has 9 heteroatoms. The van der Waals surface area contributed by atoms with Crippen molar-refractivity contribution in [2.75, 3.05) is 0 Å². The maximum Gasteiger partial charge on any atom is 0.170 e. The standard InChI is InChI=1S/3C6H18OSi2.8CH4/c3*1-8(2,3)7-9(4,5)6;;;;;;;;/h3*1-6H3;8*1H4. The summed E-state index contributed by atoms with van der Waals surface area (Å²) in [6.07, 6.45) is 0. The van der Waals surface area contributed by atoms with E-state index in [2.05, 4.69) is 118 Å². The van der Waals surface area contributed by atoms with Crippen molar-refractivity contribution in [1.29, 1.82) is 0 Å². The van der Waals surface area contributed by atoms with Gasteiger partial charge in [0, 0.05) is 0 Å². The summed E-state index contributed by atoms with van der Waals surface area (Å²) in [6.45, 7) is 40.3. The first-order chi connectivity index (χ1) is 11.1. The highest BCUT2D eigenvalue weighted by atomic mass is 28.4. The number of hydrogen-bond acceptors (Lipinski definition) is 3. The van der Waals surface area contributed by atoms with E-state index in [9.17, 15) is 0 Å². The minimum Gasteiger partial charge on any atom is -0.456 e. The first-order valence-electron chi connectivity index (χ1n) is 10.2. The van der Waals surface area contributed by atoms with Crippen LogP contribution in [0, 0.1) is 0 Å². The van der Waals surface area contributed by atoms with Crippen LogP contribution in [0.5, 0.6) is 0 Å². The lowest BCUT2D eigenvalue weighted by molar-refractivity contribution is 0.558. The fraction of sp³-hybridized carbons (Fsp3) is 1.00. The zero-order chi connectivity index (χ0) is 23.1. The molecule has 0 radical (unpaired) electrons. The van der Waals surface area contributed by atoms with Gasteiger partial charge in [0.1, 0.15) is 0 Å². The highest BCUT2D eigenvalue weighted by Crippen LogP contribution is 2.14. The van der Waals surface area contributed by atoms with Gasteiger partial charge in [0.2, 0.25) is 0 Å². The molecule has 0 spiro atoms. The summed E-state index contributed by atoms with van der Waals surface area (Å²) in [7, 11) is -7.39. The molecule has 35 heavy (non-hydrogen) atoms. The van der Waals surface area contributed by atoms with Crippen LogP contribution in [-0.2, 0) is 12.3 Å². The second-order valence-electron chi connectivity index (χ2n) is 13.0. The van der Waals surface area contributed by atoms with Gasteiger partial charge >= 0.3 is 0 Å². The summed E-state index contributed by atoms with van der Waals surface area (Å²) >= 11 is 0. The Balaban J connectivity index is -0.0000000246.